The molecule has 1 saturated heterocycles. The monoisotopic (exact) mass is 266 g/mol. The second-order valence-electron chi connectivity index (χ2n) is 5.85. The summed E-state index contributed by atoms with van der Waals surface area (Å²) in [5, 5.41) is 2.93. The van der Waals surface area contributed by atoms with Crippen molar-refractivity contribution in [2.45, 2.75) is 57.9 Å². The maximum absolute atomic E-state index is 12.1. The summed E-state index contributed by atoms with van der Waals surface area (Å²) in [5.74, 6) is 0.726. The number of Topliss-reactive ketones (excluding diaryl/α,β-unsaturated/α-hetero) is 1. The number of likely N-dealkylation sites (tertiary alicyclic amines) is 1. The highest BCUT2D eigenvalue weighted by Crippen LogP contribution is 2.32. The highest BCUT2D eigenvalue weighted by molar-refractivity contribution is 5.82. The molecule has 108 valence electrons. The quantitative estimate of drug-likeness (QED) is 0.824. The summed E-state index contributed by atoms with van der Waals surface area (Å²) in [6.45, 7) is 4.24. The van der Waals surface area contributed by atoms with Gasteiger partial charge in [0, 0.05) is 24.9 Å². The van der Waals surface area contributed by atoms with Gasteiger partial charge >= 0.3 is 0 Å². The molecule has 1 saturated carbocycles. The van der Waals surface area contributed by atoms with E-state index in [1.807, 2.05) is 0 Å². The molecule has 1 amide bonds. The lowest BCUT2D eigenvalue weighted by atomic mass is 9.82. The molecule has 4 nitrogen and oxygen atoms in total. The minimum Gasteiger partial charge on any atom is -0.355 e. The van der Waals surface area contributed by atoms with Crippen molar-refractivity contribution in [3.05, 3.63) is 0 Å². The van der Waals surface area contributed by atoms with Crippen LogP contribution in [-0.4, -0.2) is 42.3 Å². The van der Waals surface area contributed by atoms with E-state index < -0.39 is 0 Å². The van der Waals surface area contributed by atoms with Crippen LogP contribution in [0.2, 0.25) is 0 Å². The molecular formula is C15H26N2O2. The first kappa shape index (κ1) is 14.5. The van der Waals surface area contributed by atoms with Gasteiger partial charge in [-0.25, -0.2) is 0 Å². The Balaban J connectivity index is 1.89. The van der Waals surface area contributed by atoms with Crippen LogP contribution >= 0.6 is 0 Å². The standard InChI is InChI=1S/C15H26N2O2/c1-2-9-16-15(19)11-17-10-5-7-13(17)12-6-3-4-8-14(12)18/h12-13H,2-11H2,1H3,(H,16,19). The van der Waals surface area contributed by atoms with E-state index >= 15 is 0 Å². The third-order valence-corrected chi connectivity index (χ3v) is 4.40. The predicted molar refractivity (Wildman–Crippen MR) is 74.9 cm³/mol. The van der Waals surface area contributed by atoms with Crippen molar-refractivity contribution in [3.63, 3.8) is 0 Å². The Hall–Kier alpha value is -0.900. The summed E-state index contributed by atoms with van der Waals surface area (Å²) in [6.07, 6.45) is 7.17. The lowest BCUT2D eigenvalue weighted by Crippen LogP contribution is -2.45. The molecule has 2 atom stereocenters. The van der Waals surface area contributed by atoms with Crippen LogP contribution in [0.4, 0.5) is 0 Å². The first-order valence-electron chi connectivity index (χ1n) is 7.76. The van der Waals surface area contributed by atoms with Gasteiger partial charge < -0.3 is 5.32 Å². The normalized spacial score (nSPS) is 28.6. The zero-order valence-corrected chi connectivity index (χ0v) is 12.0. The second-order valence-corrected chi connectivity index (χ2v) is 5.85. The van der Waals surface area contributed by atoms with Crippen LogP contribution in [0.5, 0.6) is 0 Å². The highest BCUT2D eigenvalue weighted by Gasteiger charge is 2.37. The molecule has 0 aromatic rings. The van der Waals surface area contributed by atoms with Gasteiger partial charge in [-0.2, -0.15) is 0 Å². The van der Waals surface area contributed by atoms with Crippen molar-refractivity contribution < 1.29 is 9.59 Å². The molecule has 1 aliphatic heterocycles. The third kappa shape index (κ3) is 3.78. The Labute approximate surface area is 115 Å². The molecule has 2 rings (SSSR count). The summed E-state index contributed by atoms with van der Waals surface area (Å²) < 4.78 is 0. The molecule has 0 aromatic carbocycles. The van der Waals surface area contributed by atoms with E-state index in [2.05, 4.69) is 17.1 Å². The molecule has 0 spiro atoms. The van der Waals surface area contributed by atoms with Crippen LogP contribution in [0.15, 0.2) is 0 Å². The number of ketones is 1. The SMILES string of the molecule is CCCNC(=O)CN1CCCC1C1CCCCC1=O. The Morgan fingerprint density at radius 1 is 1.32 bits per heavy atom. The van der Waals surface area contributed by atoms with Crippen LogP contribution in [0.3, 0.4) is 0 Å². The number of nitrogens with one attached hydrogen (secondary N) is 1. The predicted octanol–water partition coefficient (Wildman–Crippen LogP) is 1.74. The van der Waals surface area contributed by atoms with Crippen LogP contribution < -0.4 is 5.32 Å². The first-order chi connectivity index (χ1) is 9.22. The Morgan fingerprint density at radius 3 is 2.89 bits per heavy atom. The topological polar surface area (TPSA) is 49.4 Å². The number of carbonyl (C=O) groups is 2. The Morgan fingerprint density at radius 2 is 2.16 bits per heavy atom. The van der Waals surface area contributed by atoms with Crippen LogP contribution in [-0.2, 0) is 9.59 Å². The fraction of sp³-hybridized carbons (Fsp3) is 0.867. The Kier molecular flexibility index (Phi) is 5.37. The summed E-state index contributed by atoms with van der Waals surface area (Å²) in [5.41, 5.74) is 0. The number of amides is 1. The largest absolute Gasteiger partial charge is 0.355 e. The second kappa shape index (κ2) is 7.04. The molecule has 1 aliphatic carbocycles. The lowest BCUT2D eigenvalue weighted by Gasteiger charge is -2.32. The van der Waals surface area contributed by atoms with E-state index in [0.29, 0.717) is 18.4 Å². The lowest BCUT2D eigenvalue weighted by molar-refractivity contribution is -0.128. The van der Waals surface area contributed by atoms with Gasteiger partial charge in [0.05, 0.1) is 6.54 Å². The summed E-state index contributed by atoms with van der Waals surface area (Å²) in [7, 11) is 0. The minimum absolute atomic E-state index is 0.108. The molecule has 0 aromatic heterocycles. The molecule has 2 aliphatic rings. The van der Waals surface area contributed by atoms with Gasteiger partial charge in [-0.05, 0) is 38.6 Å². The van der Waals surface area contributed by atoms with Crippen molar-refractivity contribution in [2.75, 3.05) is 19.6 Å². The van der Waals surface area contributed by atoms with Crippen molar-refractivity contribution in [1.29, 1.82) is 0 Å². The van der Waals surface area contributed by atoms with Crippen molar-refractivity contribution in [3.8, 4) is 0 Å². The maximum Gasteiger partial charge on any atom is 0.234 e. The smallest absolute Gasteiger partial charge is 0.234 e. The molecule has 4 heteroatoms. The summed E-state index contributed by atoms with van der Waals surface area (Å²) >= 11 is 0. The van der Waals surface area contributed by atoms with E-state index in [-0.39, 0.29) is 11.8 Å². The highest BCUT2D eigenvalue weighted by atomic mass is 16.2. The number of carbonyl (C=O) groups excluding carboxylic acids is 2. The van der Waals surface area contributed by atoms with Gasteiger partial charge in [-0.3, -0.25) is 14.5 Å². The molecule has 0 radical (unpaired) electrons. The average molecular weight is 266 g/mol. The van der Waals surface area contributed by atoms with Crippen LogP contribution in [0.25, 0.3) is 0 Å². The zero-order valence-electron chi connectivity index (χ0n) is 12.0. The molecule has 1 N–H and O–H groups in total. The number of hydrogen-bond acceptors (Lipinski definition) is 3. The number of hydrogen-bond donors (Lipinski definition) is 1. The van der Waals surface area contributed by atoms with Crippen molar-refractivity contribution >= 4 is 11.7 Å². The van der Waals surface area contributed by atoms with Gasteiger partial charge in [0.1, 0.15) is 5.78 Å². The molecule has 2 fully saturated rings. The van der Waals surface area contributed by atoms with E-state index in [4.69, 9.17) is 0 Å². The van der Waals surface area contributed by atoms with Crippen LogP contribution in [0, 0.1) is 5.92 Å². The van der Waals surface area contributed by atoms with E-state index in [9.17, 15) is 9.59 Å². The van der Waals surface area contributed by atoms with E-state index in [0.717, 1.165) is 51.6 Å². The third-order valence-electron chi connectivity index (χ3n) is 4.40. The van der Waals surface area contributed by atoms with Crippen LogP contribution in [0.1, 0.15) is 51.9 Å². The molecular weight excluding hydrogens is 240 g/mol. The van der Waals surface area contributed by atoms with E-state index in [1.54, 1.807) is 0 Å². The number of nitrogens with zero attached hydrogens (tertiary/aromatic N) is 1. The Bertz CT molecular complexity index is 330. The van der Waals surface area contributed by atoms with Gasteiger partial charge in [-0.15, -0.1) is 0 Å². The maximum atomic E-state index is 12.1. The molecule has 2 unspecified atom stereocenters. The summed E-state index contributed by atoms with van der Waals surface area (Å²) in [6, 6.07) is 0.320. The van der Waals surface area contributed by atoms with Crippen molar-refractivity contribution in [2.24, 2.45) is 5.92 Å². The number of rotatable bonds is 5. The van der Waals surface area contributed by atoms with Gasteiger partial charge in [-0.1, -0.05) is 13.3 Å². The molecule has 0 bridgehead atoms. The summed E-state index contributed by atoms with van der Waals surface area (Å²) in [4.78, 5) is 26.1. The van der Waals surface area contributed by atoms with Crippen molar-refractivity contribution in [1.82, 2.24) is 10.2 Å². The van der Waals surface area contributed by atoms with Gasteiger partial charge in [0.25, 0.3) is 0 Å². The van der Waals surface area contributed by atoms with Gasteiger partial charge in [0.2, 0.25) is 5.91 Å². The molecule has 19 heavy (non-hydrogen) atoms. The average Bonchev–Trinajstić information content (AvgIpc) is 2.85. The minimum atomic E-state index is 0.108. The fourth-order valence-electron chi connectivity index (χ4n) is 3.43. The first-order valence-corrected chi connectivity index (χ1v) is 7.76. The zero-order chi connectivity index (χ0) is 13.7. The molecule has 1 heterocycles. The fourth-order valence-corrected chi connectivity index (χ4v) is 3.43. The van der Waals surface area contributed by atoms with Gasteiger partial charge in [0.15, 0.2) is 0 Å². The van der Waals surface area contributed by atoms with E-state index in [1.165, 1.54) is 6.42 Å².